The lowest BCUT2D eigenvalue weighted by Crippen LogP contribution is -1.91. The molecule has 1 heteroatoms. The molecule has 2 rings (SSSR count). The average Bonchev–Trinajstić information content (AvgIpc) is 2.90. The van der Waals surface area contributed by atoms with Crippen LogP contribution >= 0.6 is 0 Å². The summed E-state index contributed by atoms with van der Waals surface area (Å²) < 4.78 is 5.15. The molecule has 1 aliphatic rings. The fourth-order valence-corrected chi connectivity index (χ4v) is 1.24. The maximum absolute atomic E-state index is 5.15. The number of hydrogen-bond acceptors (Lipinski definition) is 1. The van der Waals surface area contributed by atoms with Crippen LogP contribution in [0.2, 0.25) is 0 Å². The predicted octanol–water partition coefficient (Wildman–Crippen LogP) is 2.27. The molecular formula is C11H12O. The highest BCUT2D eigenvalue weighted by molar-refractivity contribution is 5.47. The number of epoxide rings is 1. The molecule has 0 bridgehead atoms. The van der Waals surface area contributed by atoms with Crippen molar-refractivity contribution in [1.29, 1.82) is 0 Å². The Morgan fingerprint density at radius 2 is 2.08 bits per heavy atom. The summed E-state index contributed by atoms with van der Waals surface area (Å²) in [6, 6.07) is 8.45. The lowest BCUT2D eigenvalue weighted by atomic mass is 10.1. The van der Waals surface area contributed by atoms with Crippen LogP contribution in [-0.4, -0.2) is 12.7 Å². The van der Waals surface area contributed by atoms with Gasteiger partial charge in [-0.15, -0.1) is 0 Å². The number of ether oxygens (including phenoxy) is 1. The Labute approximate surface area is 72.7 Å². The van der Waals surface area contributed by atoms with Crippen molar-refractivity contribution < 1.29 is 4.74 Å². The van der Waals surface area contributed by atoms with Crippen molar-refractivity contribution in [1.82, 2.24) is 0 Å². The molecule has 0 aliphatic carbocycles. The Balaban J connectivity index is 2.07. The van der Waals surface area contributed by atoms with E-state index in [9.17, 15) is 0 Å². The summed E-state index contributed by atoms with van der Waals surface area (Å²) in [5, 5.41) is 0. The summed E-state index contributed by atoms with van der Waals surface area (Å²) in [7, 11) is 0. The number of hydrogen-bond donors (Lipinski definition) is 0. The van der Waals surface area contributed by atoms with E-state index in [1.165, 1.54) is 11.1 Å². The van der Waals surface area contributed by atoms with E-state index in [4.69, 9.17) is 4.74 Å². The number of rotatable bonds is 3. The summed E-state index contributed by atoms with van der Waals surface area (Å²) in [6.07, 6.45) is 3.40. The minimum atomic E-state index is 0.486. The summed E-state index contributed by atoms with van der Waals surface area (Å²) in [5.41, 5.74) is 2.53. The summed E-state index contributed by atoms with van der Waals surface area (Å²) in [6.45, 7) is 4.64. The molecule has 1 nitrogen and oxygen atoms in total. The molecule has 0 aromatic heterocycles. The van der Waals surface area contributed by atoms with E-state index >= 15 is 0 Å². The predicted molar refractivity (Wildman–Crippen MR) is 50.0 cm³/mol. The molecule has 1 fully saturated rings. The second-order valence-electron chi connectivity index (χ2n) is 3.11. The van der Waals surface area contributed by atoms with Crippen molar-refractivity contribution in [2.24, 2.45) is 0 Å². The zero-order valence-electron chi connectivity index (χ0n) is 6.99. The first-order chi connectivity index (χ1) is 5.88. The van der Waals surface area contributed by atoms with Gasteiger partial charge in [-0.2, -0.15) is 0 Å². The quantitative estimate of drug-likeness (QED) is 0.618. The molecule has 0 N–H and O–H groups in total. The van der Waals surface area contributed by atoms with Crippen molar-refractivity contribution in [3.8, 4) is 0 Å². The molecule has 0 radical (unpaired) electrons. The van der Waals surface area contributed by atoms with Crippen LogP contribution in [0.5, 0.6) is 0 Å². The zero-order chi connectivity index (χ0) is 8.39. The van der Waals surface area contributed by atoms with E-state index in [-0.39, 0.29) is 0 Å². The minimum Gasteiger partial charge on any atom is -0.373 e. The van der Waals surface area contributed by atoms with Crippen molar-refractivity contribution in [3.05, 3.63) is 42.0 Å². The second-order valence-corrected chi connectivity index (χ2v) is 3.11. The lowest BCUT2D eigenvalue weighted by molar-refractivity contribution is 0.407. The average molecular weight is 160 g/mol. The van der Waals surface area contributed by atoms with E-state index in [0.717, 1.165) is 13.0 Å². The highest BCUT2D eigenvalue weighted by Crippen LogP contribution is 2.16. The van der Waals surface area contributed by atoms with Crippen LogP contribution in [0, 0.1) is 0 Å². The summed E-state index contributed by atoms with van der Waals surface area (Å²) in [4.78, 5) is 0. The molecule has 1 atom stereocenters. The molecule has 1 aromatic rings. The Morgan fingerprint density at radius 3 is 2.58 bits per heavy atom. The van der Waals surface area contributed by atoms with Crippen LogP contribution in [0.3, 0.4) is 0 Å². The Bertz CT molecular complexity index is 270. The van der Waals surface area contributed by atoms with E-state index < -0.39 is 0 Å². The normalized spacial score (nSPS) is 20.5. The smallest absolute Gasteiger partial charge is 0.0850 e. The summed E-state index contributed by atoms with van der Waals surface area (Å²) in [5.74, 6) is 0. The van der Waals surface area contributed by atoms with Crippen molar-refractivity contribution >= 4 is 6.08 Å². The van der Waals surface area contributed by atoms with Gasteiger partial charge in [-0.05, 0) is 11.1 Å². The maximum Gasteiger partial charge on any atom is 0.0850 e. The molecule has 62 valence electrons. The van der Waals surface area contributed by atoms with Gasteiger partial charge in [0.2, 0.25) is 0 Å². The Morgan fingerprint density at radius 1 is 1.42 bits per heavy atom. The molecule has 1 saturated heterocycles. The van der Waals surface area contributed by atoms with Crippen molar-refractivity contribution in [2.75, 3.05) is 6.61 Å². The van der Waals surface area contributed by atoms with Gasteiger partial charge in [-0.3, -0.25) is 0 Å². The third kappa shape index (κ3) is 1.74. The van der Waals surface area contributed by atoms with Crippen molar-refractivity contribution in [2.45, 2.75) is 12.5 Å². The van der Waals surface area contributed by atoms with Gasteiger partial charge < -0.3 is 4.74 Å². The lowest BCUT2D eigenvalue weighted by Gasteiger charge is -1.97. The molecule has 0 amide bonds. The second kappa shape index (κ2) is 3.11. The van der Waals surface area contributed by atoms with E-state index in [1.54, 1.807) is 0 Å². The monoisotopic (exact) mass is 160 g/mol. The van der Waals surface area contributed by atoms with Gasteiger partial charge in [-0.1, -0.05) is 36.9 Å². The van der Waals surface area contributed by atoms with Gasteiger partial charge in [0.25, 0.3) is 0 Å². The molecule has 1 heterocycles. The van der Waals surface area contributed by atoms with E-state index in [2.05, 4.69) is 30.8 Å². The third-order valence-electron chi connectivity index (χ3n) is 2.08. The van der Waals surface area contributed by atoms with Gasteiger partial charge in [0.1, 0.15) is 0 Å². The summed E-state index contributed by atoms with van der Waals surface area (Å²) >= 11 is 0. The molecule has 0 saturated carbocycles. The van der Waals surface area contributed by atoms with Crippen LogP contribution in [0.1, 0.15) is 11.1 Å². The van der Waals surface area contributed by atoms with Gasteiger partial charge in [-0.25, -0.2) is 0 Å². The van der Waals surface area contributed by atoms with Crippen LogP contribution in [0.4, 0.5) is 0 Å². The van der Waals surface area contributed by atoms with Gasteiger partial charge >= 0.3 is 0 Å². The molecule has 0 spiro atoms. The topological polar surface area (TPSA) is 12.5 Å². The number of benzene rings is 1. The van der Waals surface area contributed by atoms with E-state index in [1.807, 2.05) is 6.08 Å². The molecule has 1 aromatic carbocycles. The van der Waals surface area contributed by atoms with Gasteiger partial charge in [0.05, 0.1) is 12.7 Å². The van der Waals surface area contributed by atoms with Crippen LogP contribution in [0.15, 0.2) is 30.8 Å². The minimum absolute atomic E-state index is 0.486. The first kappa shape index (κ1) is 7.56. The standard InChI is InChI=1S/C11H12O/c1-2-9-3-5-10(6-4-9)7-11-8-12-11/h2-6,11H,1,7-8H2. The Hall–Kier alpha value is -1.08. The van der Waals surface area contributed by atoms with Crippen LogP contribution in [0.25, 0.3) is 6.08 Å². The largest absolute Gasteiger partial charge is 0.373 e. The van der Waals surface area contributed by atoms with E-state index in [0.29, 0.717) is 6.10 Å². The van der Waals surface area contributed by atoms with Crippen molar-refractivity contribution in [3.63, 3.8) is 0 Å². The zero-order valence-corrected chi connectivity index (χ0v) is 6.99. The van der Waals surface area contributed by atoms with Crippen LogP contribution in [-0.2, 0) is 11.2 Å². The van der Waals surface area contributed by atoms with Crippen LogP contribution < -0.4 is 0 Å². The fourth-order valence-electron chi connectivity index (χ4n) is 1.24. The SMILES string of the molecule is C=Cc1ccc(CC2CO2)cc1. The highest BCUT2D eigenvalue weighted by atomic mass is 16.6. The molecule has 12 heavy (non-hydrogen) atoms. The first-order valence-corrected chi connectivity index (χ1v) is 4.21. The third-order valence-corrected chi connectivity index (χ3v) is 2.08. The highest BCUT2D eigenvalue weighted by Gasteiger charge is 2.22. The fraction of sp³-hybridized carbons (Fsp3) is 0.273. The maximum atomic E-state index is 5.15. The van der Waals surface area contributed by atoms with Gasteiger partial charge in [0.15, 0.2) is 0 Å². The molecular weight excluding hydrogens is 148 g/mol. The molecule has 1 aliphatic heterocycles. The molecule has 1 unspecified atom stereocenters. The Kier molecular flexibility index (Phi) is 1.96. The van der Waals surface area contributed by atoms with Gasteiger partial charge in [0, 0.05) is 6.42 Å². The first-order valence-electron chi connectivity index (χ1n) is 4.21.